The Morgan fingerprint density at radius 3 is 2.21 bits per heavy atom. The number of nitrogens with zero attached hydrogens (tertiary/aromatic N) is 1. The zero-order chi connectivity index (χ0) is 19.1. The van der Waals surface area contributed by atoms with Gasteiger partial charge in [-0.2, -0.15) is 13.2 Å². The number of carbonyl (C=O) groups is 3. The van der Waals surface area contributed by atoms with Crippen LogP contribution in [0.25, 0.3) is 0 Å². The zero-order valence-electron chi connectivity index (χ0n) is 11.7. The van der Waals surface area contributed by atoms with Crippen LogP contribution in [0.5, 0.6) is 5.88 Å². The molecule has 0 aliphatic heterocycles. The van der Waals surface area contributed by atoms with Gasteiger partial charge in [-0.15, -0.1) is 0 Å². The molecule has 0 saturated heterocycles. The highest BCUT2D eigenvalue weighted by molar-refractivity contribution is 6.31. The Balaban J connectivity index is 0.000000640. The van der Waals surface area contributed by atoms with Crippen molar-refractivity contribution in [3.63, 3.8) is 0 Å². The number of carbonyl (C=O) groups excluding carboxylic acids is 2. The lowest BCUT2D eigenvalue weighted by atomic mass is 10.3. The summed E-state index contributed by atoms with van der Waals surface area (Å²) in [7, 11) is 1.27. The first-order chi connectivity index (χ1) is 10.9. The number of ether oxygens (including phenoxy) is 1. The van der Waals surface area contributed by atoms with Crippen LogP contribution in [0, 0.1) is 0 Å². The van der Waals surface area contributed by atoms with E-state index in [4.69, 9.17) is 32.0 Å². The summed E-state index contributed by atoms with van der Waals surface area (Å²) in [5, 5.41) is 9.27. The fourth-order valence-corrected chi connectivity index (χ4v) is 1.07. The normalized spacial score (nSPS) is 11.6. The second-order valence-corrected chi connectivity index (χ2v) is 4.09. The second-order valence-electron chi connectivity index (χ2n) is 3.71. The highest BCUT2D eigenvalue weighted by Gasteiger charge is 2.38. The minimum absolute atomic E-state index is 0.0393. The molecule has 0 aliphatic rings. The predicted molar refractivity (Wildman–Crippen MR) is 72.4 cm³/mol. The summed E-state index contributed by atoms with van der Waals surface area (Å²) >= 11 is 4.94. The fourth-order valence-electron chi connectivity index (χ4n) is 1.02. The van der Waals surface area contributed by atoms with Crippen LogP contribution in [0.4, 0.5) is 23.2 Å². The molecule has 134 valence electrons. The van der Waals surface area contributed by atoms with E-state index in [2.05, 4.69) is 10.3 Å². The van der Waals surface area contributed by atoms with Gasteiger partial charge in [0.15, 0.2) is 0 Å². The summed E-state index contributed by atoms with van der Waals surface area (Å²) < 4.78 is 49.0. The summed E-state index contributed by atoms with van der Waals surface area (Å²) in [6.45, 7) is 0. The molecule has 0 radical (unpaired) electrons. The van der Waals surface area contributed by atoms with E-state index in [9.17, 15) is 27.2 Å². The number of anilines is 1. The van der Waals surface area contributed by atoms with E-state index >= 15 is 0 Å². The molecule has 8 nitrogen and oxygen atoms in total. The molecule has 1 heterocycles. The monoisotopic (exact) mass is 375 g/mol. The van der Waals surface area contributed by atoms with Crippen molar-refractivity contribution in [1.29, 1.82) is 0 Å². The predicted octanol–water partition coefficient (Wildman–Crippen LogP) is 1.30. The third-order valence-corrected chi connectivity index (χ3v) is 2.20. The lowest BCUT2D eigenvalue weighted by Crippen LogP contribution is -2.21. The van der Waals surface area contributed by atoms with Crippen LogP contribution in [0.15, 0.2) is 12.1 Å². The largest absolute Gasteiger partial charge is 0.490 e. The topological polar surface area (TPSA) is 132 Å². The number of amides is 2. The first-order valence-electron chi connectivity index (χ1n) is 5.64. The van der Waals surface area contributed by atoms with Gasteiger partial charge < -0.3 is 20.9 Å². The number of methoxy groups -OCH3 is 1. The third-order valence-electron chi connectivity index (χ3n) is 2.00. The SMILES string of the molecule is COc1nc(C(N)=O)ccc1NC(=O)C(F)Cl.O=C(O)C(F)(F)F. The Kier molecular flexibility index (Phi) is 7.89. The number of aliphatic carboxylic acids is 1. The Morgan fingerprint density at radius 2 is 1.88 bits per heavy atom. The molecular formula is C11H10ClF4N3O5. The average molecular weight is 376 g/mol. The summed E-state index contributed by atoms with van der Waals surface area (Å²) in [6, 6.07) is 2.57. The van der Waals surface area contributed by atoms with Crippen LogP contribution in [-0.4, -0.2) is 46.8 Å². The van der Waals surface area contributed by atoms with Gasteiger partial charge in [0.2, 0.25) is 5.88 Å². The summed E-state index contributed by atoms with van der Waals surface area (Å²) in [6.07, 6.45) is -5.08. The van der Waals surface area contributed by atoms with Crippen LogP contribution in [-0.2, 0) is 9.59 Å². The maximum atomic E-state index is 12.4. The van der Waals surface area contributed by atoms with Gasteiger partial charge in [-0.3, -0.25) is 9.59 Å². The molecule has 24 heavy (non-hydrogen) atoms. The van der Waals surface area contributed by atoms with Gasteiger partial charge in [-0.25, -0.2) is 14.2 Å². The van der Waals surface area contributed by atoms with Crippen LogP contribution in [0.2, 0.25) is 0 Å². The number of hydrogen-bond donors (Lipinski definition) is 3. The first kappa shape index (κ1) is 21.4. The van der Waals surface area contributed by atoms with Gasteiger partial charge in [-0.1, -0.05) is 11.6 Å². The molecule has 0 fully saturated rings. The first-order valence-corrected chi connectivity index (χ1v) is 6.07. The Labute approximate surface area is 136 Å². The standard InChI is InChI=1S/C9H9ClFN3O3.C2HF3O2/c1-17-9-5(13-8(16)6(10)11)3-2-4(14-9)7(12)15;3-2(4,5)1(6)7/h2-3,6H,1H3,(H2,12,15)(H,13,16);(H,6,7). The lowest BCUT2D eigenvalue weighted by molar-refractivity contribution is -0.192. The van der Waals surface area contributed by atoms with Crippen LogP contribution in [0.3, 0.4) is 0 Å². The van der Waals surface area contributed by atoms with Crippen molar-refractivity contribution in [2.24, 2.45) is 5.73 Å². The Hall–Kier alpha value is -2.63. The Morgan fingerprint density at radius 1 is 1.38 bits per heavy atom. The highest BCUT2D eigenvalue weighted by Crippen LogP contribution is 2.22. The molecule has 1 rings (SSSR count). The molecule has 0 saturated carbocycles. The maximum Gasteiger partial charge on any atom is 0.490 e. The van der Waals surface area contributed by atoms with Gasteiger partial charge in [-0.05, 0) is 12.1 Å². The van der Waals surface area contributed by atoms with Gasteiger partial charge in [0.05, 0.1) is 7.11 Å². The molecule has 0 spiro atoms. The van der Waals surface area contributed by atoms with Crippen LogP contribution in [0.1, 0.15) is 10.5 Å². The molecule has 2 amide bonds. The molecule has 1 aromatic heterocycles. The van der Waals surface area contributed by atoms with Crippen molar-refractivity contribution in [2.75, 3.05) is 12.4 Å². The van der Waals surface area contributed by atoms with Crippen molar-refractivity contribution in [2.45, 2.75) is 11.8 Å². The fraction of sp³-hybridized carbons (Fsp3) is 0.273. The number of hydrogen-bond acceptors (Lipinski definition) is 5. The van der Waals surface area contributed by atoms with Gasteiger partial charge in [0.1, 0.15) is 11.4 Å². The van der Waals surface area contributed by atoms with E-state index in [1.165, 1.54) is 19.2 Å². The number of pyridine rings is 1. The number of rotatable bonds is 4. The summed E-state index contributed by atoms with van der Waals surface area (Å²) in [5.41, 5.74) is 2.88. The van der Waals surface area contributed by atoms with Crippen molar-refractivity contribution >= 4 is 35.1 Å². The number of nitrogens with one attached hydrogen (secondary N) is 1. The van der Waals surface area contributed by atoms with Crippen molar-refractivity contribution in [3.05, 3.63) is 17.8 Å². The van der Waals surface area contributed by atoms with Gasteiger partial charge in [0.25, 0.3) is 17.4 Å². The minimum atomic E-state index is -5.08. The molecule has 0 aliphatic carbocycles. The zero-order valence-corrected chi connectivity index (χ0v) is 12.5. The molecular weight excluding hydrogens is 366 g/mol. The third kappa shape index (κ3) is 7.09. The van der Waals surface area contributed by atoms with Crippen molar-refractivity contribution < 1.29 is 41.8 Å². The molecule has 1 atom stereocenters. The summed E-state index contributed by atoms with van der Waals surface area (Å²) in [4.78, 5) is 34.5. The lowest BCUT2D eigenvalue weighted by Gasteiger charge is -2.09. The molecule has 1 unspecified atom stereocenters. The molecule has 13 heteroatoms. The molecule has 0 bridgehead atoms. The van der Waals surface area contributed by atoms with Crippen molar-refractivity contribution in [1.82, 2.24) is 4.98 Å². The number of primary amides is 1. The number of carboxylic acid groups (broad SMARTS) is 1. The highest BCUT2D eigenvalue weighted by atomic mass is 35.5. The second kappa shape index (κ2) is 8.86. The number of carboxylic acids is 1. The summed E-state index contributed by atoms with van der Waals surface area (Å²) in [5.74, 6) is -4.63. The van der Waals surface area contributed by atoms with E-state index in [1.807, 2.05) is 0 Å². The van der Waals surface area contributed by atoms with E-state index < -0.39 is 29.6 Å². The molecule has 1 aromatic rings. The van der Waals surface area contributed by atoms with Gasteiger partial charge >= 0.3 is 12.1 Å². The number of alkyl halides is 5. The van der Waals surface area contributed by atoms with E-state index in [1.54, 1.807) is 0 Å². The minimum Gasteiger partial charge on any atom is -0.479 e. The van der Waals surface area contributed by atoms with Crippen LogP contribution < -0.4 is 15.8 Å². The number of halogens is 5. The maximum absolute atomic E-state index is 12.4. The van der Waals surface area contributed by atoms with E-state index in [0.29, 0.717) is 0 Å². The Bertz CT molecular complexity index is 624. The van der Waals surface area contributed by atoms with Crippen LogP contribution >= 0.6 is 11.6 Å². The van der Waals surface area contributed by atoms with Crippen molar-refractivity contribution in [3.8, 4) is 5.88 Å². The average Bonchev–Trinajstić information content (AvgIpc) is 2.46. The van der Waals surface area contributed by atoms with E-state index in [0.717, 1.165) is 0 Å². The van der Waals surface area contributed by atoms with E-state index in [-0.39, 0.29) is 17.3 Å². The smallest absolute Gasteiger partial charge is 0.479 e. The number of nitrogens with two attached hydrogens (primary N) is 1. The molecule has 0 aromatic carbocycles. The number of aromatic nitrogens is 1. The molecule has 4 N–H and O–H groups in total. The van der Waals surface area contributed by atoms with Gasteiger partial charge in [0, 0.05) is 0 Å². The quantitative estimate of drug-likeness (QED) is 0.537.